The minimum atomic E-state index is 0.108. The Labute approximate surface area is 183 Å². The molecule has 1 saturated carbocycles. The number of H-pyrrole nitrogens is 1. The minimum Gasteiger partial charge on any atom is -0.378 e. The Morgan fingerprint density at radius 1 is 1.19 bits per heavy atom. The Kier molecular flexibility index (Phi) is 5.48. The van der Waals surface area contributed by atoms with Gasteiger partial charge in [0.1, 0.15) is 5.52 Å². The van der Waals surface area contributed by atoms with Gasteiger partial charge in [-0.2, -0.15) is 0 Å². The molecule has 0 unspecified atom stereocenters. The molecule has 0 atom stereocenters. The Hall–Kier alpha value is -2.73. The van der Waals surface area contributed by atoms with Gasteiger partial charge in [0.15, 0.2) is 11.4 Å². The quantitative estimate of drug-likeness (QED) is 0.590. The molecule has 1 aromatic carbocycles. The van der Waals surface area contributed by atoms with E-state index in [9.17, 15) is 4.79 Å². The van der Waals surface area contributed by atoms with Crippen LogP contribution in [0.3, 0.4) is 0 Å². The number of hydrogen-bond donors (Lipinski definition) is 1. The van der Waals surface area contributed by atoms with E-state index in [-0.39, 0.29) is 11.2 Å². The third-order valence-corrected chi connectivity index (χ3v) is 6.85. The van der Waals surface area contributed by atoms with E-state index in [0.717, 1.165) is 50.4 Å². The number of carbonyl (C=O) groups excluding carboxylic acids is 1. The van der Waals surface area contributed by atoms with E-state index in [0.29, 0.717) is 23.1 Å². The maximum absolute atomic E-state index is 13.2. The monoisotopic (exact) mass is 418 g/mol. The zero-order chi connectivity index (χ0) is 21.3. The summed E-state index contributed by atoms with van der Waals surface area (Å²) in [5.74, 6) is 0.171. The molecular formula is C25H30N4O2. The van der Waals surface area contributed by atoms with Crippen LogP contribution in [0.25, 0.3) is 22.4 Å². The number of anilines is 1. The van der Waals surface area contributed by atoms with Gasteiger partial charge in [0.05, 0.1) is 30.7 Å². The van der Waals surface area contributed by atoms with Crippen molar-refractivity contribution < 1.29 is 9.53 Å². The summed E-state index contributed by atoms with van der Waals surface area (Å²) in [4.78, 5) is 28.1. The van der Waals surface area contributed by atoms with Gasteiger partial charge in [-0.15, -0.1) is 0 Å². The Bertz CT molecular complexity index is 1080. The predicted molar refractivity (Wildman–Crippen MR) is 122 cm³/mol. The minimum absolute atomic E-state index is 0.108. The smallest absolute Gasteiger partial charge is 0.167 e. The Morgan fingerprint density at radius 2 is 2.00 bits per heavy atom. The average Bonchev–Trinajstić information content (AvgIpc) is 3.23. The van der Waals surface area contributed by atoms with Crippen molar-refractivity contribution in [1.82, 2.24) is 15.0 Å². The van der Waals surface area contributed by atoms with E-state index in [1.807, 2.05) is 0 Å². The van der Waals surface area contributed by atoms with Crippen molar-refractivity contribution in [1.29, 1.82) is 0 Å². The first-order valence-electron chi connectivity index (χ1n) is 11.4. The molecule has 0 spiro atoms. The average molecular weight is 419 g/mol. The fourth-order valence-electron chi connectivity index (χ4n) is 4.99. The molecular weight excluding hydrogens is 388 g/mol. The summed E-state index contributed by atoms with van der Waals surface area (Å²) < 4.78 is 5.47. The van der Waals surface area contributed by atoms with E-state index in [2.05, 4.69) is 46.1 Å². The van der Waals surface area contributed by atoms with Gasteiger partial charge in [-0.25, -0.2) is 9.97 Å². The highest BCUT2D eigenvalue weighted by atomic mass is 16.5. The lowest BCUT2D eigenvalue weighted by Gasteiger charge is -2.32. The number of nitrogens with zero attached hydrogens (tertiary/aromatic N) is 3. The number of Topliss-reactive ketones (excluding diaryl/α,β-unsaturated/α-hetero) is 1. The van der Waals surface area contributed by atoms with E-state index in [4.69, 9.17) is 9.72 Å². The van der Waals surface area contributed by atoms with Crippen molar-refractivity contribution in [2.24, 2.45) is 5.41 Å². The summed E-state index contributed by atoms with van der Waals surface area (Å²) in [6, 6.07) is 8.38. The second-order valence-electron chi connectivity index (χ2n) is 9.28. The molecule has 0 bridgehead atoms. The number of ketones is 1. The van der Waals surface area contributed by atoms with Crippen LogP contribution in [0.4, 0.5) is 5.69 Å². The van der Waals surface area contributed by atoms with Gasteiger partial charge in [-0.05, 0) is 30.4 Å². The molecule has 162 valence electrons. The van der Waals surface area contributed by atoms with E-state index in [1.165, 1.54) is 24.9 Å². The largest absolute Gasteiger partial charge is 0.378 e. The molecule has 31 heavy (non-hydrogen) atoms. The lowest BCUT2D eigenvalue weighted by molar-refractivity contribution is 0.0884. The van der Waals surface area contributed by atoms with Crippen LogP contribution < -0.4 is 4.90 Å². The van der Waals surface area contributed by atoms with E-state index in [1.54, 1.807) is 12.4 Å². The predicted octanol–water partition coefficient (Wildman–Crippen LogP) is 5.00. The fraction of sp³-hybridized carbons (Fsp3) is 0.480. The van der Waals surface area contributed by atoms with Gasteiger partial charge in [0, 0.05) is 37.0 Å². The van der Waals surface area contributed by atoms with Crippen LogP contribution in [-0.4, -0.2) is 47.0 Å². The maximum Gasteiger partial charge on any atom is 0.167 e. The zero-order valence-electron chi connectivity index (χ0n) is 18.2. The molecule has 1 aliphatic carbocycles. The van der Waals surface area contributed by atoms with Gasteiger partial charge in [-0.1, -0.05) is 38.3 Å². The normalized spacial score (nSPS) is 18.9. The highest BCUT2D eigenvalue weighted by Gasteiger charge is 2.30. The third-order valence-electron chi connectivity index (χ3n) is 6.85. The summed E-state index contributed by atoms with van der Waals surface area (Å²) in [5.41, 5.74) is 5.09. The van der Waals surface area contributed by atoms with Gasteiger partial charge in [0.25, 0.3) is 0 Å². The number of ether oxygens (including phenoxy) is 1. The molecule has 6 nitrogen and oxygen atoms in total. The second-order valence-corrected chi connectivity index (χ2v) is 9.28. The summed E-state index contributed by atoms with van der Waals surface area (Å²) >= 11 is 0. The number of morpholine rings is 1. The molecule has 1 saturated heterocycles. The molecule has 1 N–H and O–H groups in total. The molecule has 0 amide bonds. The highest BCUT2D eigenvalue weighted by Crippen LogP contribution is 2.40. The number of hydrogen-bond acceptors (Lipinski definition) is 5. The summed E-state index contributed by atoms with van der Waals surface area (Å²) in [6.07, 6.45) is 10.1. The van der Waals surface area contributed by atoms with Crippen LogP contribution in [0.2, 0.25) is 0 Å². The van der Waals surface area contributed by atoms with Crippen molar-refractivity contribution in [3.63, 3.8) is 0 Å². The van der Waals surface area contributed by atoms with Crippen LogP contribution in [0.15, 0.2) is 36.7 Å². The van der Waals surface area contributed by atoms with Crippen LogP contribution in [0.5, 0.6) is 0 Å². The SMILES string of the molecule is CC1(CC(=O)c2c[nH]c3ncc(-c4cccc(N5CCOCC5)c4)nc23)CCCCC1. The lowest BCUT2D eigenvalue weighted by Crippen LogP contribution is -2.36. The van der Waals surface area contributed by atoms with E-state index < -0.39 is 0 Å². The molecule has 0 radical (unpaired) electrons. The lowest BCUT2D eigenvalue weighted by atomic mass is 9.72. The number of benzene rings is 1. The van der Waals surface area contributed by atoms with Gasteiger partial charge in [-0.3, -0.25) is 4.79 Å². The zero-order valence-corrected chi connectivity index (χ0v) is 18.2. The van der Waals surface area contributed by atoms with Crippen molar-refractivity contribution in [3.8, 4) is 11.3 Å². The van der Waals surface area contributed by atoms with Gasteiger partial charge in [0.2, 0.25) is 0 Å². The molecule has 2 aliphatic rings. The molecule has 3 heterocycles. The van der Waals surface area contributed by atoms with Crippen molar-refractivity contribution in [2.75, 3.05) is 31.2 Å². The number of fused-ring (bicyclic) bond motifs is 1. The molecule has 1 aliphatic heterocycles. The Morgan fingerprint density at radius 3 is 2.81 bits per heavy atom. The summed E-state index contributed by atoms with van der Waals surface area (Å²) in [6.45, 7) is 5.55. The first-order chi connectivity index (χ1) is 15.1. The topological polar surface area (TPSA) is 71.1 Å². The summed E-state index contributed by atoms with van der Waals surface area (Å²) in [5, 5.41) is 0. The molecule has 2 aromatic heterocycles. The van der Waals surface area contributed by atoms with Crippen LogP contribution in [0.1, 0.15) is 55.8 Å². The van der Waals surface area contributed by atoms with Gasteiger partial charge >= 0.3 is 0 Å². The number of nitrogens with one attached hydrogen (secondary N) is 1. The van der Waals surface area contributed by atoms with Gasteiger partial charge < -0.3 is 14.6 Å². The third kappa shape index (κ3) is 4.22. The van der Waals surface area contributed by atoms with Crippen LogP contribution in [0, 0.1) is 5.41 Å². The molecule has 3 aromatic rings. The maximum atomic E-state index is 13.2. The number of carbonyl (C=O) groups is 1. The number of aromatic amines is 1. The van der Waals surface area contributed by atoms with Crippen molar-refractivity contribution in [3.05, 3.63) is 42.2 Å². The Balaban J connectivity index is 1.43. The number of rotatable bonds is 5. The van der Waals surface area contributed by atoms with Crippen LogP contribution >= 0.6 is 0 Å². The molecule has 5 rings (SSSR count). The second kappa shape index (κ2) is 8.42. The fourth-order valence-corrected chi connectivity index (χ4v) is 4.99. The standard InChI is InChI=1S/C25H30N4O2/c1-25(8-3-2-4-9-25)15-22(30)20-16-26-24-23(20)28-21(17-27-24)18-6-5-7-19(14-18)29-10-12-31-13-11-29/h5-7,14,16-17H,2-4,8-13,15H2,1H3,(H,26,27). The summed E-state index contributed by atoms with van der Waals surface area (Å²) in [7, 11) is 0. The molecule has 2 fully saturated rings. The first-order valence-corrected chi connectivity index (χ1v) is 11.4. The van der Waals surface area contributed by atoms with Crippen molar-refractivity contribution in [2.45, 2.75) is 45.4 Å². The van der Waals surface area contributed by atoms with E-state index >= 15 is 0 Å². The first kappa shape index (κ1) is 20.2. The molecule has 6 heteroatoms. The number of aromatic nitrogens is 3. The highest BCUT2D eigenvalue weighted by molar-refractivity contribution is 6.06. The van der Waals surface area contributed by atoms with Crippen molar-refractivity contribution >= 4 is 22.6 Å². The van der Waals surface area contributed by atoms with Crippen LogP contribution in [-0.2, 0) is 4.74 Å².